The third-order valence-electron chi connectivity index (χ3n) is 3.16. The van der Waals surface area contributed by atoms with Crippen molar-refractivity contribution in [2.24, 2.45) is 0 Å². The first kappa shape index (κ1) is 10.3. The summed E-state index contributed by atoms with van der Waals surface area (Å²) in [7, 11) is 0. The van der Waals surface area contributed by atoms with Crippen LogP contribution in [0.5, 0.6) is 0 Å². The van der Waals surface area contributed by atoms with E-state index in [1.165, 1.54) is 4.90 Å². The lowest BCUT2D eigenvalue weighted by Gasteiger charge is -2.27. The molecule has 0 radical (unpaired) electrons. The second-order valence-corrected chi connectivity index (χ2v) is 4.17. The van der Waals surface area contributed by atoms with Crippen molar-refractivity contribution in [1.29, 1.82) is 0 Å². The zero-order valence-electron chi connectivity index (χ0n) is 8.69. The SMILES string of the molecule is O=C(O)[C@H]1CCCN1C(=O)N1CCCC1. The molecule has 2 rings (SSSR count). The first-order chi connectivity index (χ1) is 7.20. The summed E-state index contributed by atoms with van der Waals surface area (Å²) in [5.74, 6) is -0.875. The highest BCUT2D eigenvalue weighted by Gasteiger charge is 2.36. The summed E-state index contributed by atoms with van der Waals surface area (Å²) in [5.41, 5.74) is 0. The highest BCUT2D eigenvalue weighted by molar-refractivity contribution is 5.83. The molecule has 0 aromatic heterocycles. The van der Waals surface area contributed by atoms with Crippen LogP contribution < -0.4 is 0 Å². The maximum atomic E-state index is 12.0. The van der Waals surface area contributed by atoms with Gasteiger partial charge in [-0.2, -0.15) is 0 Å². The number of carbonyl (C=O) groups is 2. The second kappa shape index (κ2) is 4.08. The minimum Gasteiger partial charge on any atom is -0.480 e. The monoisotopic (exact) mass is 212 g/mol. The van der Waals surface area contributed by atoms with Gasteiger partial charge in [0.15, 0.2) is 0 Å². The fraction of sp³-hybridized carbons (Fsp3) is 0.800. The van der Waals surface area contributed by atoms with E-state index in [9.17, 15) is 9.59 Å². The molecule has 0 aromatic rings. The van der Waals surface area contributed by atoms with Crippen LogP contribution in [0.4, 0.5) is 4.79 Å². The van der Waals surface area contributed by atoms with Crippen LogP contribution in [-0.4, -0.2) is 52.6 Å². The minimum absolute atomic E-state index is 0.0857. The van der Waals surface area contributed by atoms with Gasteiger partial charge in [0.25, 0.3) is 0 Å². The molecule has 0 spiro atoms. The number of carboxylic acid groups (broad SMARTS) is 1. The fourth-order valence-corrected chi connectivity index (χ4v) is 2.34. The quantitative estimate of drug-likeness (QED) is 0.697. The van der Waals surface area contributed by atoms with Crippen LogP contribution in [0.3, 0.4) is 0 Å². The molecule has 2 fully saturated rings. The lowest BCUT2D eigenvalue weighted by Crippen LogP contribution is -2.47. The number of amides is 2. The molecule has 2 aliphatic heterocycles. The number of aliphatic carboxylic acids is 1. The van der Waals surface area contributed by atoms with E-state index in [4.69, 9.17) is 5.11 Å². The Labute approximate surface area is 88.6 Å². The number of carbonyl (C=O) groups excluding carboxylic acids is 1. The maximum Gasteiger partial charge on any atom is 0.326 e. The Hall–Kier alpha value is -1.26. The lowest BCUT2D eigenvalue weighted by molar-refractivity contribution is -0.141. The van der Waals surface area contributed by atoms with Gasteiger partial charge in [0.05, 0.1) is 0 Å². The summed E-state index contributed by atoms with van der Waals surface area (Å²) in [4.78, 5) is 26.1. The summed E-state index contributed by atoms with van der Waals surface area (Å²) in [6.07, 6.45) is 3.47. The zero-order valence-corrected chi connectivity index (χ0v) is 8.69. The Balaban J connectivity index is 2.02. The number of nitrogens with zero attached hydrogens (tertiary/aromatic N) is 2. The van der Waals surface area contributed by atoms with Crippen LogP contribution in [0.1, 0.15) is 25.7 Å². The molecule has 5 heteroatoms. The van der Waals surface area contributed by atoms with Gasteiger partial charge in [-0.15, -0.1) is 0 Å². The topological polar surface area (TPSA) is 60.9 Å². The van der Waals surface area contributed by atoms with E-state index in [-0.39, 0.29) is 6.03 Å². The normalized spacial score (nSPS) is 26.0. The van der Waals surface area contributed by atoms with E-state index in [1.54, 1.807) is 4.90 Å². The van der Waals surface area contributed by atoms with Crippen molar-refractivity contribution in [2.45, 2.75) is 31.7 Å². The standard InChI is InChI=1S/C10H16N2O3/c13-9(14)8-4-3-7-12(8)10(15)11-5-1-2-6-11/h8H,1-7H2,(H,13,14)/t8-/m1/s1. The second-order valence-electron chi connectivity index (χ2n) is 4.17. The van der Waals surface area contributed by atoms with Crippen LogP contribution in [0.2, 0.25) is 0 Å². The first-order valence-electron chi connectivity index (χ1n) is 5.48. The molecule has 1 atom stereocenters. The summed E-state index contributed by atoms with van der Waals surface area (Å²) in [6, 6.07) is -0.685. The van der Waals surface area contributed by atoms with Crippen molar-refractivity contribution >= 4 is 12.0 Å². The molecule has 0 aromatic carbocycles. The third-order valence-corrected chi connectivity index (χ3v) is 3.16. The molecular weight excluding hydrogens is 196 g/mol. The van der Waals surface area contributed by atoms with Gasteiger partial charge in [-0.3, -0.25) is 0 Å². The van der Waals surface area contributed by atoms with Crippen LogP contribution >= 0.6 is 0 Å². The van der Waals surface area contributed by atoms with E-state index in [0.717, 1.165) is 32.4 Å². The van der Waals surface area contributed by atoms with Gasteiger partial charge in [0, 0.05) is 19.6 Å². The molecule has 1 N–H and O–H groups in total. The summed E-state index contributed by atoms with van der Waals surface area (Å²) >= 11 is 0. The average Bonchev–Trinajstić information content (AvgIpc) is 2.88. The highest BCUT2D eigenvalue weighted by Crippen LogP contribution is 2.21. The van der Waals surface area contributed by atoms with Crippen molar-refractivity contribution < 1.29 is 14.7 Å². The largest absolute Gasteiger partial charge is 0.480 e. The van der Waals surface area contributed by atoms with Gasteiger partial charge in [0.1, 0.15) is 6.04 Å². The molecule has 2 aliphatic rings. The Kier molecular flexibility index (Phi) is 2.79. The molecule has 0 aliphatic carbocycles. The molecule has 0 bridgehead atoms. The van der Waals surface area contributed by atoms with Gasteiger partial charge in [-0.05, 0) is 25.7 Å². The molecule has 84 valence electrons. The first-order valence-corrected chi connectivity index (χ1v) is 5.48. The van der Waals surface area contributed by atoms with E-state index in [2.05, 4.69) is 0 Å². The Morgan fingerprint density at radius 1 is 1.07 bits per heavy atom. The van der Waals surface area contributed by atoms with Gasteiger partial charge < -0.3 is 14.9 Å². The molecule has 2 heterocycles. The van der Waals surface area contributed by atoms with Gasteiger partial charge >= 0.3 is 12.0 Å². The van der Waals surface area contributed by atoms with Crippen molar-refractivity contribution in [3.8, 4) is 0 Å². The number of urea groups is 1. The smallest absolute Gasteiger partial charge is 0.326 e. The molecular formula is C10H16N2O3. The minimum atomic E-state index is -0.875. The highest BCUT2D eigenvalue weighted by atomic mass is 16.4. The van der Waals surface area contributed by atoms with Crippen molar-refractivity contribution in [1.82, 2.24) is 9.80 Å². The lowest BCUT2D eigenvalue weighted by atomic mass is 10.2. The molecule has 2 amide bonds. The molecule has 2 saturated heterocycles. The van der Waals surface area contributed by atoms with Crippen LogP contribution in [0, 0.1) is 0 Å². The van der Waals surface area contributed by atoms with Crippen LogP contribution in [0.25, 0.3) is 0 Å². The Morgan fingerprint density at radius 2 is 1.73 bits per heavy atom. The zero-order chi connectivity index (χ0) is 10.8. The van der Waals surface area contributed by atoms with Crippen LogP contribution in [0.15, 0.2) is 0 Å². The number of hydrogen-bond donors (Lipinski definition) is 1. The number of rotatable bonds is 1. The fourth-order valence-electron chi connectivity index (χ4n) is 2.34. The number of carboxylic acids is 1. The van der Waals surface area contributed by atoms with Gasteiger partial charge in [-0.25, -0.2) is 9.59 Å². The Bertz CT molecular complexity index is 274. The molecule has 0 unspecified atom stereocenters. The molecule has 0 saturated carbocycles. The Morgan fingerprint density at radius 3 is 2.33 bits per heavy atom. The maximum absolute atomic E-state index is 12.0. The predicted molar refractivity (Wildman–Crippen MR) is 53.6 cm³/mol. The summed E-state index contributed by atoms with van der Waals surface area (Å²) < 4.78 is 0. The summed E-state index contributed by atoms with van der Waals surface area (Å²) in [6.45, 7) is 2.15. The molecule has 5 nitrogen and oxygen atoms in total. The number of hydrogen-bond acceptors (Lipinski definition) is 2. The van der Waals surface area contributed by atoms with Gasteiger partial charge in [0.2, 0.25) is 0 Å². The number of likely N-dealkylation sites (tertiary alicyclic amines) is 2. The average molecular weight is 212 g/mol. The van der Waals surface area contributed by atoms with Crippen LogP contribution in [-0.2, 0) is 4.79 Å². The molecule has 15 heavy (non-hydrogen) atoms. The van der Waals surface area contributed by atoms with E-state index < -0.39 is 12.0 Å². The van der Waals surface area contributed by atoms with E-state index in [1.807, 2.05) is 0 Å². The predicted octanol–water partition coefficient (Wildman–Crippen LogP) is 0.751. The van der Waals surface area contributed by atoms with Gasteiger partial charge in [-0.1, -0.05) is 0 Å². The van der Waals surface area contributed by atoms with Crippen molar-refractivity contribution in [3.05, 3.63) is 0 Å². The van der Waals surface area contributed by atoms with E-state index >= 15 is 0 Å². The van der Waals surface area contributed by atoms with Crippen molar-refractivity contribution in [2.75, 3.05) is 19.6 Å². The van der Waals surface area contributed by atoms with E-state index in [0.29, 0.717) is 13.0 Å². The third kappa shape index (κ3) is 1.91. The van der Waals surface area contributed by atoms with Crippen molar-refractivity contribution in [3.63, 3.8) is 0 Å². The summed E-state index contributed by atoms with van der Waals surface area (Å²) in [5, 5.41) is 8.96.